The van der Waals surface area contributed by atoms with Crippen molar-refractivity contribution in [1.29, 1.82) is 0 Å². The van der Waals surface area contributed by atoms with E-state index in [9.17, 15) is 15.0 Å². The summed E-state index contributed by atoms with van der Waals surface area (Å²) in [6, 6.07) is 7.73. The maximum Gasteiger partial charge on any atom is 0.156 e. The largest absolute Gasteiger partial charge is 0.508 e. The van der Waals surface area contributed by atoms with Crippen molar-refractivity contribution in [1.82, 2.24) is 0 Å². The number of phenols is 1. The highest BCUT2D eigenvalue weighted by Crippen LogP contribution is 2.78. The SMILES string of the molecule is C[C@]12C[C@H](c3ccc(O)cc3)C3=C4CCC(=O)C=C4CC[C@H]3C13CCC2(O)CC3. The van der Waals surface area contributed by atoms with Crippen LogP contribution in [0.1, 0.15) is 76.2 Å². The average molecular weight is 391 g/mol. The zero-order valence-electron chi connectivity index (χ0n) is 17.2. The summed E-state index contributed by atoms with van der Waals surface area (Å²) in [4.78, 5) is 12.1. The first-order valence-corrected chi connectivity index (χ1v) is 11.3. The smallest absolute Gasteiger partial charge is 0.156 e. The summed E-state index contributed by atoms with van der Waals surface area (Å²) in [5, 5.41) is 21.5. The van der Waals surface area contributed by atoms with E-state index in [0.717, 1.165) is 51.4 Å². The summed E-state index contributed by atoms with van der Waals surface area (Å²) >= 11 is 0. The van der Waals surface area contributed by atoms with Crippen molar-refractivity contribution in [3.8, 4) is 5.75 Å². The quantitative estimate of drug-likeness (QED) is 0.694. The second kappa shape index (κ2) is 5.63. The number of allylic oxidation sites excluding steroid dienone is 4. The van der Waals surface area contributed by atoms with Crippen molar-refractivity contribution < 1.29 is 15.0 Å². The Balaban J connectivity index is 1.58. The summed E-state index contributed by atoms with van der Waals surface area (Å²) in [5.41, 5.74) is 5.19. The summed E-state index contributed by atoms with van der Waals surface area (Å²) < 4.78 is 0. The van der Waals surface area contributed by atoms with E-state index >= 15 is 0 Å². The minimum absolute atomic E-state index is 0.0526. The molecular formula is C26H30O3. The van der Waals surface area contributed by atoms with E-state index < -0.39 is 5.60 Å². The number of rotatable bonds is 1. The van der Waals surface area contributed by atoms with Gasteiger partial charge in [0.1, 0.15) is 5.75 Å². The van der Waals surface area contributed by atoms with E-state index in [1.165, 1.54) is 16.7 Å². The second-order valence-electron chi connectivity index (χ2n) is 10.5. The minimum Gasteiger partial charge on any atom is -0.508 e. The van der Waals surface area contributed by atoms with Gasteiger partial charge in [0, 0.05) is 17.8 Å². The zero-order valence-corrected chi connectivity index (χ0v) is 17.2. The number of aromatic hydroxyl groups is 1. The first-order valence-electron chi connectivity index (χ1n) is 11.3. The third kappa shape index (κ3) is 2.10. The van der Waals surface area contributed by atoms with Gasteiger partial charge in [-0.1, -0.05) is 24.6 Å². The number of hydrogen-bond donors (Lipinski definition) is 2. The number of benzene rings is 1. The first-order chi connectivity index (χ1) is 13.9. The summed E-state index contributed by atoms with van der Waals surface area (Å²) in [7, 11) is 0. The lowest BCUT2D eigenvalue weighted by Crippen LogP contribution is -2.52. The zero-order chi connectivity index (χ0) is 20.0. The summed E-state index contributed by atoms with van der Waals surface area (Å²) in [5.74, 6) is 1.36. The molecule has 3 atom stereocenters. The molecule has 2 bridgehead atoms. The van der Waals surface area contributed by atoms with Crippen LogP contribution in [0.15, 0.2) is 47.1 Å². The maximum atomic E-state index is 12.1. The van der Waals surface area contributed by atoms with Gasteiger partial charge in [-0.05, 0) is 97.6 Å². The van der Waals surface area contributed by atoms with E-state index in [4.69, 9.17) is 0 Å². The highest BCUT2D eigenvalue weighted by atomic mass is 16.3. The molecule has 2 N–H and O–H groups in total. The van der Waals surface area contributed by atoms with Gasteiger partial charge in [0.2, 0.25) is 0 Å². The number of carbonyl (C=O) groups excluding carboxylic acids is 1. The molecular weight excluding hydrogens is 360 g/mol. The van der Waals surface area contributed by atoms with Crippen LogP contribution < -0.4 is 0 Å². The van der Waals surface area contributed by atoms with E-state index in [0.29, 0.717) is 18.1 Å². The van der Waals surface area contributed by atoms with Crippen LogP contribution in [0.5, 0.6) is 5.75 Å². The summed E-state index contributed by atoms with van der Waals surface area (Å²) in [6.45, 7) is 2.37. The lowest BCUT2D eigenvalue weighted by molar-refractivity contribution is -0.114. The Morgan fingerprint density at radius 3 is 2.45 bits per heavy atom. The van der Waals surface area contributed by atoms with Gasteiger partial charge >= 0.3 is 0 Å². The van der Waals surface area contributed by atoms with E-state index in [1.54, 1.807) is 17.7 Å². The molecule has 5 aliphatic rings. The molecule has 0 heterocycles. The van der Waals surface area contributed by atoms with Crippen molar-refractivity contribution in [2.24, 2.45) is 16.7 Å². The van der Waals surface area contributed by atoms with Crippen LogP contribution in [-0.2, 0) is 4.79 Å². The van der Waals surface area contributed by atoms with Gasteiger partial charge < -0.3 is 10.2 Å². The van der Waals surface area contributed by atoms with Crippen molar-refractivity contribution in [2.45, 2.75) is 76.2 Å². The minimum atomic E-state index is -0.531. The van der Waals surface area contributed by atoms with Gasteiger partial charge in [0.25, 0.3) is 0 Å². The maximum absolute atomic E-state index is 12.1. The fraction of sp³-hybridized carbons (Fsp3) is 0.577. The lowest BCUT2D eigenvalue weighted by atomic mass is 9.46. The predicted molar refractivity (Wildman–Crippen MR) is 111 cm³/mol. The number of ketones is 1. The molecule has 3 saturated carbocycles. The van der Waals surface area contributed by atoms with Crippen LogP contribution in [0.2, 0.25) is 0 Å². The van der Waals surface area contributed by atoms with E-state index in [1.807, 2.05) is 6.08 Å². The van der Waals surface area contributed by atoms with Gasteiger partial charge in [0.15, 0.2) is 5.78 Å². The van der Waals surface area contributed by atoms with Crippen LogP contribution in [0.25, 0.3) is 0 Å². The molecule has 0 spiro atoms. The normalized spacial score (nSPS) is 43.0. The molecule has 0 amide bonds. The molecule has 3 fully saturated rings. The molecule has 0 aliphatic heterocycles. The van der Waals surface area contributed by atoms with Crippen molar-refractivity contribution in [3.05, 3.63) is 52.6 Å². The van der Waals surface area contributed by atoms with E-state index in [2.05, 4.69) is 19.1 Å². The number of fused-ring (bicyclic) bond motifs is 2. The van der Waals surface area contributed by atoms with Gasteiger partial charge in [-0.25, -0.2) is 0 Å². The molecule has 5 aliphatic carbocycles. The van der Waals surface area contributed by atoms with Crippen LogP contribution in [-0.4, -0.2) is 21.6 Å². The molecule has 152 valence electrons. The summed E-state index contributed by atoms with van der Waals surface area (Å²) in [6.07, 6.45) is 10.7. The third-order valence-corrected chi connectivity index (χ3v) is 9.82. The number of hydrogen-bond acceptors (Lipinski definition) is 3. The highest BCUT2D eigenvalue weighted by molar-refractivity contribution is 5.93. The van der Waals surface area contributed by atoms with E-state index in [-0.39, 0.29) is 22.5 Å². The Kier molecular flexibility index (Phi) is 3.48. The van der Waals surface area contributed by atoms with Crippen LogP contribution >= 0.6 is 0 Å². The van der Waals surface area contributed by atoms with Crippen LogP contribution in [0.4, 0.5) is 0 Å². The van der Waals surface area contributed by atoms with Crippen LogP contribution in [0.3, 0.4) is 0 Å². The van der Waals surface area contributed by atoms with Crippen LogP contribution in [0, 0.1) is 16.7 Å². The number of carbonyl (C=O) groups is 1. The lowest BCUT2D eigenvalue weighted by Gasteiger charge is -2.58. The molecule has 0 radical (unpaired) electrons. The van der Waals surface area contributed by atoms with Gasteiger partial charge in [0.05, 0.1) is 5.60 Å². The Hall–Kier alpha value is -1.87. The fourth-order valence-corrected chi connectivity index (χ4v) is 8.33. The molecule has 29 heavy (non-hydrogen) atoms. The number of aliphatic hydroxyl groups is 1. The topological polar surface area (TPSA) is 57.5 Å². The third-order valence-electron chi connectivity index (χ3n) is 9.82. The molecule has 1 aromatic rings. The second-order valence-corrected chi connectivity index (χ2v) is 10.5. The Morgan fingerprint density at radius 1 is 1.00 bits per heavy atom. The fourth-order valence-electron chi connectivity index (χ4n) is 8.33. The van der Waals surface area contributed by atoms with Gasteiger partial charge in [-0.2, -0.15) is 0 Å². The Labute approximate surface area is 172 Å². The molecule has 0 aromatic heterocycles. The standard InChI is InChI=1S/C26H30O3/c1-24-15-21(16-2-5-18(27)6-3-16)23-20-8-7-19(28)14-17(20)4-9-22(23)25(24)10-12-26(24,29)13-11-25/h2-3,5-6,14,21-22,27,29H,4,7-13,15H2,1H3/t21-,22-,24+,25?,26?/m1/s1. The van der Waals surface area contributed by atoms with Crippen molar-refractivity contribution >= 4 is 5.78 Å². The molecule has 1 aromatic carbocycles. The number of phenolic OH excluding ortho intramolecular Hbond substituents is 1. The van der Waals surface area contributed by atoms with Crippen molar-refractivity contribution in [2.75, 3.05) is 0 Å². The van der Waals surface area contributed by atoms with Crippen molar-refractivity contribution in [3.63, 3.8) is 0 Å². The Bertz CT molecular complexity index is 958. The highest BCUT2D eigenvalue weighted by Gasteiger charge is 2.74. The van der Waals surface area contributed by atoms with Gasteiger partial charge in [-0.3, -0.25) is 4.79 Å². The molecule has 6 rings (SSSR count). The molecule has 3 heteroatoms. The molecule has 0 unspecified atom stereocenters. The molecule has 0 saturated heterocycles. The first kappa shape index (κ1) is 17.9. The predicted octanol–water partition coefficient (Wildman–Crippen LogP) is 5.19. The molecule has 3 nitrogen and oxygen atoms in total. The van der Waals surface area contributed by atoms with Gasteiger partial charge in [-0.15, -0.1) is 0 Å². The monoisotopic (exact) mass is 390 g/mol. The average Bonchev–Trinajstić information content (AvgIpc) is 3.08. The Morgan fingerprint density at radius 2 is 1.72 bits per heavy atom.